The summed E-state index contributed by atoms with van der Waals surface area (Å²) in [6, 6.07) is 6.41. The average Bonchev–Trinajstić information content (AvgIpc) is 3.17. The number of hydrogen-bond acceptors (Lipinski definition) is 5. The fourth-order valence-electron chi connectivity index (χ4n) is 4.02. The summed E-state index contributed by atoms with van der Waals surface area (Å²) in [4.78, 5) is 39.7. The quantitative estimate of drug-likeness (QED) is 0.583. The summed E-state index contributed by atoms with van der Waals surface area (Å²) in [5.41, 5.74) is 2.21. The fourth-order valence-corrected chi connectivity index (χ4v) is 4.02. The second-order valence-electron chi connectivity index (χ2n) is 7.49. The Hall–Kier alpha value is -3.23. The van der Waals surface area contributed by atoms with Gasteiger partial charge in [0, 0.05) is 55.6 Å². The third-order valence-corrected chi connectivity index (χ3v) is 5.72. The van der Waals surface area contributed by atoms with Crippen molar-refractivity contribution in [3.8, 4) is 0 Å². The van der Waals surface area contributed by atoms with Crippen molar-refractivity contribution in [2.45, 2.75) is 32.7 Å². The van der Waals surface area contributed by atoms with Crippen molar-refractivity contribution in [2.24, 2.45) is 0 Å². The Morgan fingerprint density at radius 1 is 1.03 bits per heavy atom. The van der Waals surface area contributed by atoms with Crippen LogP contribution >= 0.6 is 0 Å². The van der Waals surface area contributed by atoms with Crippen molar-refractivity contribution < 1.29 is 14.5 Å². The van der Waals surface area contributed by atoms with Crippen LogP contribution in [0.3, 0.4) is 0 Å². The van der Waals surface area contributed by atoms with Gasteiger partial charge in [0.25, 0.3) is 17.5 Å². The number of nitro groups is 1. The molecule has 9 heteroatoms. The standard InChI is InChI=1S/C20H23N5O4/c1-14-16(6-4-7-18(14)25(28)29)19(26)22-9-11-23(12-10-22)20(27)17-13-15-5-2-3-8-24(15)21-17/h4,6-7,13H,2-3,5,8-12H2,1H3. The molecule has 1 fully saturated rings. The van der Waals surface area contributed by atoms with E-state index in [-0.39, 0.29) is 17.5 Å². The van der Waals surface area contributed by atoms with Crippen molar-refractivity contribution in [1.29, 1.82) is 0 Å². The average molecular weight is 397 g/mol. The summed E-state index contributed by atoms with van der Waals surface area (Å²) in [7, 11) is 0. The highest BCUT2D eigenvalue weighted by Crippen LogP contribution is 2.23. The molecular weight excluding hydrogens is 374 g/mol. The first-order valence-electron chi connectivity index (χ1n) is 9.85. The van der Waals surface area contributed by atoms with Gasteiger partial charge < -0.3 is 9.80 Å². The lowest BCUT2D eigenvalue weighted by Gasteiger charge is -2.34. The fraction of sp³-hybridized carbons (Fsp3) is 0.450. The zero-order chi connectivity index (χ0) is 20.5. The molecule has 9 nitrogen and oxygen atoms in total. The SMILES string of the molecule is Cc1c(C(=O)N2CCN(C(=O)c3cc4n(n3)CCCC4)CC2)cccc1[N+](=O)[O-]. The molecule has 152 valence electrons. The monoisotopic (exact) mass is 397 g/mol. The Bertz CT molecular complexity index is 952. The van der Waals surface area contributed by atoms with Crippen LogP contribution in [0.5, 0.6) is 0 Å². The van der Waals surface area contributed by atoms with Gasteiger partial charge in [-0.3, -0.25) is 24.4 Å². The molecule has 0 spiro atoms. The van der Waals surface area contributed by atoms with Crippen LogP contribution in [0.1, 0.15) is 44.9 Å². The number of carbonyl (C=O) groups is 2. The van der Waals surface area contributed by atoms with Crippen LogP contribution in [0.15, 0.2) is 24.3 Å². The van der Waals surface area contributed by atoms with Crippen LogP contribution in [0, 0.1) is 17.0 Å². The number of benzene rings is 1. The lowest BCUT2D eigenvalue weighted by Crippen LogP contribution is -2.50. The Kier molecular flexibility index (Phi) is 5.04. The van der Waals surface area contributed by atoms with E-state index in [4.69, 9.17) is 0 Å². The molecule has 0 unspecified atom stereocenters. The molecule has 0 radical (unpaired) electrons. The van der Waals surface area contributed by atoms with Crippen molar-refractivity contribution >= 4 is 17.5 Å². The number of aryl methyl sites for hydroxylation is 2. The van der Waals surface area contributed by atoms with Crippen LogP contribution in [0.2, 0.25) is 0 Å². The molecule has 0 saturated carbocycles. The van der Waals surface area contributed by atoms with E-state index in [1.807, 2.05) is 10.7 Å². The van der Waals surface area contributed by atoms with Crippen molar-refractivity contribution in [2.75, 3.05) is 26.2 Å². The molecule has 3 heterocycles. The predicted octanol–water partition coefficient (Wildman–Crippen LogP) is 2.03. The number of aromatic nitrogens is 2. The molecular formula is C20H23N5O4. The Labute approximate surface area is 168 Å². The predicted molar refractivity (Wildman–Crippen MR) is 105 cm³/mol. The lowest BCUT2D eigenvalue weighted by atomic mass is 10.1. The normalized spacial score (nSPS) is 16.4. The summed E-state index contributed by atoms with van der Waals surface area (Å²) < 4.78 is 1.92. The van der Waals surface area contributed by atoms with E-state index in [1.165, 1.54) is 12.1 Å². The molecule has 2 aliphatic heterocycles. The molecule has 29 heavy (non-hydrogen) atoms. The van der Waals surface area contributed by atoms with Gasteiger partial charge in [-0.1, -0.05) is 6.07 Å². The minimum Gasteiger partial charge on any atom is -0.335 e. The molecule has 1 saturated heterocycles. The van der Waals surface area contributed by atoms with Gasteiger partial charge in [-0.2, -0.15) is 5.10 Å². The first kappa shape index (κ1) is 19.1. The minimum atomic E-state index is -0.479. The van der Waals surface area contributed by atoms with E-state index < -0.39 is 4.92 Å². The maximum absolute atomic E-state index is 12.9. The number of amides is 2. The van der Waals surface area contributed by atoms with Gasteiger partial charge in [0.15, 0.2) is 5.69 Å². The first-order chi connectivity index (χ1) is 14.0. The van der Waals surface area contributed by atoms with Crippen molar-refractivity contribution in [3.63, 3.8) is 0 Å². The van der Waals surface area contributed by atoms with Crippen LogP contribution < -0.4 is 0 Å². The van der Waals surface area contributed by atoms with E-state index in [0.717, 1.165) is 31.5 Å². The number of fused-ring (bicyclic) bond motifs is 1. The van der Waals surface area contributed by atoms with E-state index in [2.05, 4.69) is 5.10 Å². The molecule has 2 aromatic rings. The Morgan fingerprint density at radius 3 is 2.38 bits per heavy atom. The third kappa shape index (κ3) is 3.59. The second kappa shape index (κ2) is 7.65. The van der Waals surface area contributed by atoms with Gasteiger partial charge in [0.1, 0.15) is 0 Å². The number of nitrogens with zero attached hydrogens (tertiary/aromatic N) is 5. The summed E-state index contributed by atoms with van der Waals surface area (Å²) in [6.45, 7) is 4.06. The van der Waals surface area contributed by atoms with Crippen LogP contribution in [-0.4, -0.2) is 62.5 Å². The van der Waals surface area contributed by atoms with Crippen molar-refractivity contribution in [1.82, 2.24) is 19.6 Å². The summed E-state index contributed by atoms with van der Waals surface area (Å²) in [6.07, 6.45) is 3.16. The smallest absolute Gasteiger partial charge is 0.274 e. The van der Waals surface area contributed by atoms with Gasteiger partial charge in [0.05, 0.1) is 4.92 Å². The van der Waals surface area contributed by atoms with Crippen LogP contribution in [-0.2, 0) is 13.0 Å². The molecule has 1 aromatic heterocycles. The molecule has 0 aliphatic carbocycles. The molecule has 4 rings (SSSR count). The zero-order valence-corrected chi connectivity index (χ0v) is 16.3. The van der Waals surface area contributed by atoms with Gasteiger partial charge in [0.2, 0.25) is 0 Å². The summed E-state index contributed by atoms with van der Waals surface area (Å²) in [5.74, 6) is -0.346. The third-order valence-electron chi connectivity index (χ3n) is 5.72. The number of carbonyl (C=O) groups excluding carboxylic acids is 2. The highest BCUT2D eigenvalue weighted by atomic mass is 16.6. The van der Waals surface area contributed by atoms with Gasteiger partial charge >= 0.3 is 0 Å². The highest BCUT2D eigenvalue weighted by Gasteiger charge is 2.29. The highest BCUT2D eigenvalue weighted by molar-refractivity contribution is 5.97. The second-order valence-corrected chi connectivity index (χ2v) is 7.49. The topological polar surface area (TPSA) is 102 Å². The van der Waals surface area contributed by atoms with Crippen LogP contribution in [0.25, 0.3) is 0 Å². The first-order valence-corrected chi connectivity index (χ1v) is 9.85. The minimum absolute atomic E-state index is 0.0617. The molecule has 0 atom stereocenters. The number of piperazine rings is 1. The van der Waals surface area contributed by atoms with Gasteiger partial charge in [-0.25, -0.2) is 0 Å². The summed E-state index contributed by atoms with van der Waals surface area (Å²) >= 11 is 0. The van der Waals surface area contributed by atoms with Crippen LogP contribution in [0.4, 0.5) is 5.69 Å². The lowest BCUT2D eigenvalue weighted by molar-refractivity contribution is -0.385. The molecule has 1 aromatic carbocycles. The number of rotatable bonds is 3. The maximum atomic E-state index is 12.9. The van der Waals surface area contributed by atoms with Crippen molar-refractivity contribution in [3.05, 3.63) is 56.9 Å². The summed E-state index contributed by atoms with van der Waals surface area (Å²) in [5, 5.41) is 15.6. The van der Waals surface area contributed by atoms with E-state index in [0.29, 0.717) is 43.0 Å². The van der Waals surface area contributed by atoms with E-state index in [1.54, 1.807) is 22.8 Å². The Morgan fingerprint density at radius 2 is 1.72 bits per heavy atom. The maximum Gasteiger partial charge on any atom is 0.274 e. The largest absolute Gasteiger partial charge is 0.335 e. The van der Waals surface area contributed by atoms with Gasteiger partial charge in [-0.15, -0.1) is 0 Å². The molecule has 0 bridgehead atoms. The molecule has 2 aliphatic rings. The number of hydrogen-bond donors (Lipinski definition) is 0. The Balaban J connectivity index is 1.42. The zero-order valence-electron chi connectivity index (χ0n) is 16.3. The van der Waals surface area contributed by atoms with E-state index in [9.17, 15) is 19.7 Å². The molecule has 2 amide bonds. The van der Waals surface area contributed by atoms with Gasteiger partial charge in [-0.05, 0) is 38.3 Å². The molecule has 0 N–H and O–H groups in total. The van der Waals surface area contributed by atoms with E-state index >= 15 is 0 Å². The number of nitro benzene ring substituents is 1.